The second-order valence-electron chi connectivity index (χ2n) is 9.88. The molecular formula is C31H31N5O5S. The summed E-state index contributed by atoms with van der Waals surface area (Å²) in [5.74, 6) is -0.780. The van der Waals surface area contributed by atoms with Crippen LogP contribution in [-0.4, -0.2) is 52.5 Å². The average Bonchev–Trinajstić information content (AvgIpc) is 3.48. The lowest BCUT2D eigenvalue weighted by Gasteiger charge is -2.29. The highest BCUT2D eigenvalue weighted by Crippen LogP contribution is 2.45. The number of amides is 1. The molecule has 0 radical (unpaired) electrons. The molecule has 0 unspecified atom stereocenters. The Morgan fingerprint density at radius 3 is 2.43 bits per heavy atom. The van der Waals surface area contributed by atoms with Gasteiger partial charge in [0.1, 0.15) is 12.4 Å². The van der Waals surface area contributed by atoms with Crippen LogP contribution in [0.3, 0.4) is 0 Å². The molecule has 1 amide bonds. The Bertz CT molecular complexity index is 1640. The smallest absolute Gasteiger partial charge is 0.335 e. The molecule has 3 N–H and O–H groups in total. The van der Waals surface area contributed by atoms with Crippen molar-refractivity contribution in [1.82, 2.24) is 14.9 Å². The number of hydrogen-bond donors (Lipinski definition) is 3. The third kappa shape index (κ3) is 5.44. The van der Waals surface area contributed by atoms with Gasteiger partial charge in [0, 0.05) is 36.1 Å². The first kappa shape index (κ1) is 28.8. The van der Waals surface area contributed by atoms with E-state index >= 15 is 0 Å². The number of anilines is 2. The second kappa shape index (κ2) is 12.0. The number of carbonyl (C=O) groups excluding carboxylic acids is 1. The summed E-state index contributed by atoms with van der Waals surface area (Å²) in [6, 6.07) is 19.6. The molecular weight excluding hydrogens is 554 g/mol. The van der Waals surface area contributed by atoms with Crippen molar-refractivity contribution in [2.45, 2.75) is 25.9 Å². The lowest BCUT2D eigenvalue weighted by Crippen LogP contribution is -2.29. The number of nitrogens with one attached hydrogen (secondary N) is 2. The number of aromatic nitrogens is 2. The van der Waals surface area contributed by atoms with Gasteiger partial charge in [-0.25, -0.2) is 4.79 Å². The Balaban J connectivity index is 1.63. The largest absolute Gasteiger partial charge is 0.495 e. The number of carboxylic acid groups (broad SMARTS) is 1. The Kier molecular flexibility index (Phi) is 8.23. The number of pyridine rings is 1. The van der Waals surface area contributed by atoms with Gasteiger partial charge in [0.25, 0.3) is 0 Å². The Morgan fingerprint density at radius 1 is 1.05 bits per heavy atom. The third-order valence-electron chi connectivity index (χ3n) is 7.27. The van der Waals surface area contributed by atoms with Crippen molar-refractivity contribution < 1.29 is 24.2 Å². The van der Waals surface area contributed by atoms with Crippen molar-refractivity contribution in [1.29, 1.82) is 0 Å². The van der Waals surface area contributed by atoms with E-state index in [1.807, 2.05) is 49.1 Å². The first-order valence-electron chi connectivity index (χ1n) is 13.2. The minimum Gasteiger partial charge on any atom is -0.495 e. The lowest BCUT2D eigenvalue weighted by atomic mass is 9.96. The third-order valence-corrected chi connectivity index (χ3v) is 7.58. The van der Waals surface area contributed by atoms with Crippen LogP contribution in [0.1, 0.15) is 45.1 Å². The van der Waals surface area contributed by atoms with Crippen molar-refractivity contribution >= 4 is 40.6 Å². The van der Waals surface area contributed by atoms with Crippen LogP contribution in [-0.2, 0) is 9.53 Å². The number of carbonyl (C=O) groups is 2. The zero-order valence-corrected chi connectivity index (χ0v) is 24.4. The molecule has 10 nitrogen and oxygen atoms in total. The Labute approximate surface area is 248 Å². The van der Waals surface area contributed by atoms with Gasteiger partial charge < -0.3 is 34.7 Å². The number of rotatable bonds is 9. The Hall–Kier alpha value is -4.74. The molecule has 216 valence electrons. The van der Waals surface area contributed by atoms with Crippen molar-refractivity contribution in [2.24, 2.45) is 0 Å². The molecule has 11 heteroatoms. The van der Waals surface area contributed by atoms with Crippen LogP contribution in [0.2, 0.25) is 0 Å². The molecule has 1 aliphatic heterocycles. The first-order chi connectivity index (χ1) is 20.2. The van der Waals surface area contributed by atoms with Crippen LogP contribution in [0.4, 0.5) is 11.4 Å². The summed E-state index contributed by atoms with van der Waals surface area (Å²) < 4.78 is 12.6. The van der Waals surface area contributed by atoms with Gasteiger partial charge >= 0.3 is 5.97 Å². The number of aryl methyl sites for hydroxylation is 1. The van der Waals surface area contributed by atoms with E-state index in [0.717, 1.165) is 34.0 Å². The maximum Gasteiger partial charge on any atom is 0.335 e. The fraction of sp³-hybridized carbons (Fsp3) is 0.226. The summed E-state index contributed by atoms with van der Waals surface area (Å²) in [7, 11) is 3.00. The van der Waals surface area contributed by atoms with E-state index < -0.39 is 5.97 Å². The van der Waals surface area contributed by atoms with Crippen LogP contribution in [0.5, 0.6) is 5.75 Å². The molecule has 1 saturated heterocycles. The van der Waals surface area contributed by atoms with Gasteiger partial charge in [-0.05, 0) is 92.3 Å². The maximum absolute atomic E-state index is 12.4. The predicted molar refractivity (Wildman–Crippen MR) is 164 cm³/mol. The molecule has 42 heavy (non-hydrogen) atoms. The van der Waals surface area contributed by atoms with Crippen molar-refractivity contribution in [2.75, 3.05) is 31.0 Å². The standard InChI is InChI=1S/C31H31N5O5S/c1-18-15-23(19(2)35(18)21-10-8-20(9-11-21)30(38)39)29-28(24-7-5-6-14-32-24)34-31(42)36(29)22-12-13-26(41-4)25(16-22)33-27(37)17-40-3/h5-16,28-29H,17H2,1-4H3,(H,33,37)(H,34,42)(H,38,39)/t28-,29-/m0/s1. The topological polar surface area (TPSA) is 118 Å². The van der Waals surface area contributed by atoms with Gasteiger partial charge in [0.05, 0.1) is 36.1 Å². The molecule has 0 saturated carbocycles. The number of carboxylic acids is 1. The summed E-state index contributed by atoms with van der Waals surface area (Å²) in [6.07, 6.45) is 1.75. The Morgan fingerprint density at radius 2 is 1.79 bits per heavy atom. The van der Waals surface area contributed by atoms with Crippen LogP contribution < -0.4 is 20.3 Å². The van der Waals surface area contributed by atoms with Gasteiger partial charge in [-0.3, -0.25) is 9.78 Å². The highest BCUT2D eigenvalue weighted by molar-refractivity contribution is 7.80. The molecule has 2 aromatic heterocycles. The minimum absolute atomic E-state index is 0.0964. The number of methoxy groups -OCH3 is 2. The van der Waals surface area contributed by atoms with E-state index in [2.05, 4.69) is 26.3 Å². The van der Waals surface area contributed by atoms with Gasteiger partial charge in [-0.1, -0.05) is 6.07 Å². The highest BCUT2D eigenvalue weighted by Gasteiger charge is 2.42. The number of thiocarbonyl (C=S) groups is 1. The molecule has 1 aliphatic rings. The average molecular weight is 586 g/mol. The summed E-state index contributed by atoms with van der Waals surface area (Å²) in [5.41, 5.74) is 6.10. The highest BCUT2D eigenvalue weighted by atomic mass is 32.1. The summed E-state index contributed by atoms with van der Waals surface area (Å²) in [5, 5.41) is 16.2. The van der Waals surface area contributed by atoms with E-state index in [-0.39, 0.29) is 30.2 Å². The number of aromatic carboxylic acids is 1. The maximum atomic E-state index is 12.4. The van der Waals surface area contributed by atoms with E-state index in [4.69, 9.17) is 21.7 Å². The van der Waals surface area contributed by atoms with Crippen molar-refractivity contribution in [3.63, 3.8) is 0 Å². The monoisotopic (exact) mass is 585 g/mol. The summed E-state index contributed by atoms with van der Waals surface area (Å²) in [4.78, 5) is 30.5. The van der Waals surface area contributed by atoms with Crippen LogP contribution >= 0.6 is 12.2 Å². The van der Waals surface area contributed by atoms with E-state index in [1.54, 1.807) is 43.6 Å². The minimum atomic E-state index is -0.972. The number of nitrogens with zero attached hydrogens (tertiary/aromatic N) is 3. The van der Waals surface area contributed by atoms with Crippen molar-refractivity contribution in [3.05, 3.63) is 101 Å². The van der Waals surface area contributed by atoms with E-state index in [1.165, 1.54) is 7.11 Å². The van der Waals surface area contributed by atoms with Gasteiger partial charge in [0.2, 0.25) is 5.91 Å². The number of benzene rings is 2. The van der Waals surface area contributed by atoms with Gasteiger partial charge in [0.15, 0.2) is 5.11 Å². The molecule has 3 heterocycles. The van der Waals surface area contributed by atoms with E-state index in [9.17, 15) is 14.7 Å². The molecule has 4 aromatic rings. The first-order valence-corrected chi connectivity index (χ1v) is 13.6. The van der Waals surface area contributed by atoms with Crippen LogP contribution in [0.25, 0.3) is 5.69 Å². The lowest BCUT2D eigenvalue weighted by molar-refractivity contribution is -0.119. The number of hydrogen-bond acceptors (Lipinski definition) is 6. The zero-order valence-electron chi connectivity index (χ0n) is 23.6. The molecule has 2 atom stereocenters. The molecule has 5 rings (SSSR count). The van der Waals surface area contributed by atoms with Crippen molar-refractivity contribution in [3.8, 4) is 11.4 Å². The van der Waals surface area contributed by atoms with Gasteiger partial charge in [-0.2, -0.15) is 0 Å². The fourth-order valence-electron chi connectivity index (χ4n) is 5.45. The summed E-state index contributed by atoms with van der Waals surface area (Å²) >= 11 is 5.91. The summed E-state index contributed by atoms with van der Waals surface area (Å²) in [6.45, 7) is 3.95. The molecule has 0 spiro atoms. The number of ether oxygens (including phenoxy) is 2. The zero-order chi connectivity index (χ0) is 30.0. The predicted octanol–water partition coefficient (Wildman–Crippen LogP) is 4.96. The molecule has 1 fully saturated rings. The molecule has 2 aromatic carbocycles. The van der Waals surface area contributed by atoms with Crippen LogP contribution in [0, 0.1) is 13.8 Å². The molecule has 0 bridgehead atoms. The second-order valence-corrected chi connectivity index (χ2v) is 10.3. The SMILES string of the molecule is COCC(=O)Nc1cc(N2C(=S)N[C@@H](c3ccccn3)[C@@H]2c2cc(C)n(-c3ccc(C(=O)O)cc3)c2C)ccc1OC. The fourth-order valence-corrected chi connectivity index (χ4v) is 5.79. The normalized spacial score (nSPS) is 16.3. The van der Waals surface area contributed by atoms with Gasteiger partial charge in [-0.15, -0.1) is 0 Å². The van der Waals surface area contributed by atoms with E-state index in [0.29, 0.717) is 16.5 Å². The van der Waals surface area contributed by atoms with Crippen LogP contribution in [0.15, 0.2) is 72.9 Å². The molecule has 0 aliphatic carbocycles. The quantitative estimate of drug-likeness (QED) is 0.234.